The van der Waals surface area contributed by atoms with Crippen LogP contribution in [0.1, 0.15) is 123 Å². The molecular weight excluding hydrogens is 529 g/mol. The number of phosphoric acid groups is 1. The van der Waals surface area contributed by atoms with Crippen LogP contribution in [0.5, 0.6) is 0 Å². The second kappa shape index (κ2) is 24.3. The van der Waals surface area contributed by atoms with E-state index in [1.165, 1.54) is 38.5 Å². The Kier molecular flexibility index (Phi) is 23.3. The summed E-state index contributed by atoms with van der Waals surface area (Å²) >= 11 is 0. The number of carbonyl (C=O) groups excluding carboxylic acids is 2. The van der Waals surface area contributed by atoms with Gasteiger partial charge in [0.05, 0.1) is 13.2 Å². The van der Waals surface area contributed by atoms with Crippen LogP contribution < -0.4 is 5.73 Å². The highest BCUT2D eigenvalue weighted by Gasteiger charge is 2.28. The number of aliphatic carboxylic acids is 1. The first-order chi connectivity index (χ1) is 18.6. The second-order valence-electron chi connectivity index (χ2n) is 9.90. The van der Waals surface area contributed by atoms with E-state index in [2.05, 4.69) is 18.4 Å². The largest absolute Gasteiger partial charge is 0.480 e. The molecule has 0 aromatic heterocycles. The molecule has 0 spiro atoms. The van der Waals surface area contributed by atoms with Crippen molar-refractivity contribution in [1.29, 1.82) is 0 Å². The van der Waals surface area contributed by atoms with Crippen LogP contribution in [0.25, 0.3) is 0 Å². The van der Waals surface area contributed by atoms with Gasteiger partial charge in [-0.3, -0.25) is 23.4 Å². The molecule has 0 saturated carbocycles. The number of hydrogen-bond donors (Lipinski definition) is 3. The molecule has 0 bridgehead atoms. The molecule has 0 amide bonds. The average molecular weight is 582 g/mol. The summed E-state index contributed by atoms with van der Waals surface area (Å²) in [7, 11) is -4.68. The van der Waals surface area contributed by atoms with Crippen LogP contribution in [0.15, 0.2) is 0 Å². The monoisotopic (exact) mass is 581 g/mol. The molecule has 0 aromatic carbocycles. The number of phosphoric ester groups is 1. The summed E-state index contributed by atoms with van der Waals surface area (Å²) in [6.45, 7) is 2.63. The number of nitrogens with two attached hydrogens (primary N) is 1. The summed E-state index contributed by atoms with van der Waals surface area (Å²) in [5.74, 6) is -2.39. The van der Waals surface area contributed by atoms with Crippen LogP contribution >= 0.6 is 7.82 Å². The number of carboxylic acids is 1. The Morgan fingerprint density at radius 1 is 0.692 bits per heavy atom. The van der Waals surface area contributed by atoms with Gasteiger partial charge in [-0.1, -0.05) is 97.3 Å². The van der Waals surface area contributed by atoms with Crippen molar-refractivity contribution in [3.63, 3.8) is 0 Å². The van der Waals surface area contributed by atoms with Gasteiger partial charge in [-0.05, 0) is 12.8 Å². The van der Waals surface area contributed by atoms with E-state index in [0.29, 0.717) is 12.8 Å². The lowest BCUT2D eigenvalue weighted by Crippen LogP contribution is -2.34. The molecule has 0 aliphatic rings. The Morgan fingerprint density at radius 2 is 1.13 bits per heavy atom. The molecule has 0 aliphatic carbocycles. The number of unbranched alkanes of at least 4 members (excludes halogenated alkanes) is 13. The smallest absolute Gasteiger partial charge is 0.472 e. The quantitative estimate of drug-likeness (QED) is 0.0621. The first kappa shape index (κ1) is 37.5. The van der Waals surface area contributed by atoms with E-state index in [1.807, 2.05) is 0 Å². The molecular formula is C27H52NO10P. The lowest BCUT2D eigenvalue weighted by Gasteiger charge is -2.20. The lowest BCUT2D eigenvalue weighted by atomic mass is 10.1. The van der Waals surface area contributed by atoms with E-state index >= 15 is 0 Å². The number of ether oxygens (including phenoxy) is 2. The van der Waals surface area contributed by atoms with Crippen molar-refractivity contribution in [2.45, 2.75) is 135 Å². The second-order valence-corrected chi connectivity index (χ2v) is 11.3. The maximum atomic E-state index is 12.4. The summed E-state index contributed by atoms with van der Waals surface area (Å²) < 4.78 is 32.1. The molecule has 0 radical (unpaired) electrons. The fourth-order valence-corrected chi connectivity index (χ4v) is 4.49. The third-order valence-corrected chi connectivity index (χ3v) is 7.06. The van der Waals surface area contributed by atoms with Gasteiger partial charge >= 0.3 is 25.7 Å². The highest BCUT2D eigenvalue weighted by Crippen LogP contribution is 2.43. The summed E-state index contributed by atoms with van der Waals surface area (Å²) in [4.78, 5) is 45.0. The van der Waals surface area contributed by atoms with E-state index < -0.39 is 51.1 Å². The molecule has 230 valence electrons. The Bertz CT molecular complexity index is 706. The van der Waals surface area contributed by atoms with Gasteiger partial charge in [0, 0.05) is 12.8 Å². The van der Waals surface area contributed by atoms with Crippen molar-refractivity contribution in [3.8, 4) is 0 Å². The molecule has 0 heterocycles. The van der Waals surface area contributed by atoms with Crippen LogP contribution in [0, 0.1) is 0 Å². The summed E-state index contributed by atoms with van der Waals surface area (Å²) in [5.41, 5.74) is 5.26. The molecule has 39 heavy (non-hydrogen) atoms. The fourth-order valence-electron chi connectivity index (χ4n) is 3.71. The van der Waals surface area contributed by atoms with Gasteiger partial charge in [0.1, 0.15) is 12.6 Å². The lowest BCUT2D eigenvalue weighted by molar-refractivity contribution is -0.161. The van der Waals surface area contributed by atoms with E-state index in [4.69, 9.17) is 24.8 Å². The van der Waals surface area contributed by atoms with Crippen molar-refractivity contribution in [2.24, 2.45) is 5.73 Å². The standard InChI is InChI=1S/C27H52NO10P/c1-3-5-7-9-10-11-12-13-15-17-19-26(30)38-23(20-35-25(29)18-16-14-8-6-4-2)21-36-39(33,34)37-22-24(28)27(31)32/h23-24H,3-22,28H2,1-2H3,(H,31,32)(H,33,34). The molecule has 12 heteroatoms. The molecule has 3 atom stereocenters. The van der Waals surface area contributed by atoms with E-state index in [-0.39, 0.29) is 19.4 Å². The molecule has 0 fully saturated rings. The maximum absolute atomic E-state index is 12.4. The van der Waals surface area contributed by atoms with Crippen LogP contribution in [-0.4, -0.2) is 59.9 Å². The highest BCUT2D eigenvalue weighted by atomic mass is 31.2. The molecule has 11 nitrogen and oxygen atoms in total. The molecule has 0 aromatic rings. The zero-order valence-electron chi connectivity index (χ0n) is 24.0. The zero-order valence-corrected chi connectivity index (χ0v) is 24.9. The minimum atomic E-state index is -4.68. The number of carbonyl (C=O) groups is 3. The first-order valence-corrected chi connectivity index (χ1v) is 16.1. The van der Waals surface area contributed by atoms with Gasteiger partial charge in [-0.15, -0.1) is 0 Å². The van der Waals surface area contributed by atoms with Crippen LogP contribution in [0.4, 0.5) is 0 Å². The highest BCUT2D eigenvalue weighted by molar-refractivity contribution is 7.47. The third-order valence-electron chi connectivity index (χ3n) is 6.11. The Labute approximate surface area is 234 Å². The molecule has 3 unspecified atom stereocenters. The minimum Gasteiger partial charge on any atom is -0.480 e. The van der Waals surface area contributed by atoms with Crippen molar-refractivity contribution < 1.29 is 47.5 Å². The first-order valence-electron chi connectivity index (χ1n) is 14.6. The Balaban J connectivity index is 4.55. The third kappa shape index (κ3) is 24.0. The molecule has 0 saturated heterocycles. The van der Waals surface area contributed by atoms with Crippen LogP contribution in [-0.2, 0) is 37.5 Å². The predicted molar refractivity (Wildman–Crippen MR) is 148 cm³/mol. The predicted octanol–water partition coefficient (Wildman–Crippen LogP) is 5.66. The van der Waals surface area contributed by atoms with Gasteiger partial charge < -0.3 is 25.2 Å². The number of esters is 2. The zero-order chi connectivity index (χ0) is 29.4. The summed E-state index contributed by atoms with van der Waals surface area (Å²) in [5, 5.41) is 8.77. The molecule has 4 N–H and O–H groups in total. The van der Waals surface area contributed by atoms with Gasteiger partial charge in [0.15, 0.2) is 6.10 Å². The van der Waals surface area contributed by atoms with Gasteiger partial charge in [0.25, 0.3) is 0 Å². The Hall–Kier alpha value is -1.52. The van der Waals surface area contributed by atoms with Crippen molar-refractivity contribution in [1.82, 2.24) is 0 Å². The fraction of sp³-hybridized carbons (Fsp3) is 0.889. The van der Waals surface area contributed by atoms with Crippen molar-refractivity contribution in [2.75, 3.05) is 19.8 Å². The van der Waals surface area contributed by atoms with Gasteiger partial charge in [-0.25, -0.2) is 4.57 Å². The SMILES string of the molecule is CCCCCCCCCCCCC(=O)OC(COC(=O)CCCCCCC)COP(=O)(O)OCC(N)C(=O)O. The molecule has 0 aliphatic heterocycles. The summed E-state index contributed by atoms with van der Waals surface area (Å²) in [6, 6.07) is -1.51. The maximum Gasteiger partial charge on any atom is 0.472 e. The van der Waals surface area contributed by atoms with Gasteiger partial charge in [-0.2, -0.15) is 0 Å². The number of rotatable bonds is 27. The normalized spacial score (nSPS) is 14.4. The van der Waals surface area contributed by atoms with Crippen LogP contribution in [0.2, 0.25) is 0 Å². The number of carboxylic acid groups (broad SMARTS) is 1. The number of hydrogen-bond acceptors (Lipinski definition) is 9. The summed E-state index contributed by atoms with van der Waals surface area (Å²) in [6.07, 6.45) is 15.3. The van der Waals surface area contributed by atoms with E-state index in [9.17, 15) is 23.8 Å². The Morgan fingerprint density at radius 3 is 1.62 bits per heavy atom. The van der Waals surface area contributed by atoms with Gasteiger partial charge in [0.2, 0.25) is 0 Å². The van der Waals surface area contributed by atoms with Crippen LogP contribution in [0.3, 0.4) is 0 Å². The average Bonchev–Trinajstić information content (AvgIpc) is 2.89. The van der Waals surface area contributed by atoms with E-state index in [0.717, 1.165) is 44.9 Å². The van der Waals surface area contributed by atoms with Crippen molar-refractivity contribution >= 4 is 25.7 Å². The topological polar surface area (TPSA) is 172 Å². The minimum absolute atomic E-state index is 0.166. The molecule has 0 rings (SSSR count). The van der Waals surface area contributed by atoms with Crippen molar-refractivity contribution in [3.05, 3.63) is 0 Å². The van der Waals surface area contributed by atoms with E-state index in [1.54, 1.807) is 0 Å².